The topological polar surface area (TPSA) is 32.3 Å². The van der Waals surface area contributed by atoms with Crippen LogP contribution in [0, 0.1) is 0 Å². The van der Waals surface area contributed by atoms with Crippen LogP contribution in [0.25, 0.3) is 0 Å². The average molecular weight is 168 g/mol. The molecule has 0 saturated heterocycles. The SMILES string of the molecule is CC1=C(C)NC(=O)[C@@H](C)N(C)C1. The lowest BCUT2D eigenvalue weighted by Crippen LogP contribution is -2.40. The van der Waals surface area contributed by atoms with E-state index in [0.29, 0.717) is 0 Å². The number of likely N-dealkylation sites (N-methyl/N-ethyl adjacent to an activating group) is 1. The lowest BCUT2D eigenvalue weighted by molar-refractivity contribution is -0.124. The molecule has 1 atom stereocenters. The van der Waals surface area contributed by atoms with E-state index in [2.05, 4.69) is 5.32 Å². The van der Waals surface area contributed by atoms with Gasteiger partial charge in [-0.25, -0.2) is 0 Å². The van der Waals surface area contributed by atoms with Crippen LogP contribution in [0.4, 0.5) is 0 Å². The number of nitrogens with zero attached hydrogens (tertiary/aromatic N) is 1. The Bertz CT molecular complexity index is 233. The number of amides is 1. The van der Waals surface area contributed by atoms with Crippen LogP contribution in [0.15, 0.2) is 11.3 Å². The Morgan fingerprint density at radius 2 is 2.08 bits per heavy atom. The zero-order valence-corrected chi connectivity index (χ0v) is 8.14. The van der Waals surface area contributed by atoms with Gasteiger partial charge in [-0.1, -0.05) is 0 Å². The lowest BCUT2D eigenvalue weighted by atomic mass is 10.2. The molecule has 0 unspecified atom stereocenters. The summed E-state index contributed by atoms with van der Waals surface area (Å²) in [7, 11) is 1.96. The molecule has 1 amide bonds. The fourth-order valence-electron chi connectivity index (χ4n) is 1.23. The maximum Gasteiger partial charge on any atom is 0.241 e. The highest BCUT2D eigenvalue weighted by Gasteiger charge is 2.21. The second-order valence-electron chi connectivity index (χ2n) is 3.49. The highest BCUT2D eigenvalue weighted by molar-refractivity contribution is 5.83. The maximum absolute atomic E-state index is 11.4. The van der Waals surface area contributed by atoms with Crippen molar-refractivity contribution >= 4 is 5.91 Å². The summed E-state index contributed by atoms with van der Waals surface area (Å²) in [5.74, 6) is 0.0897. The minimum Gasteiger partial charge on any atom is -0.329 e. The molecule has 1 aliphatic rings. The molecule has 68 valence electrons. The lowest BCUT2D eigenvalue weighted by Gasteiger charge is -2.19. The van der Waals surface area contributed by atoms with E-state index >= 15 is 0 Å². The van der Waals surface area contributed by atoms with Crippen LogP contribution in [0.3, 0.4) is 0 Å². The molecule has 12 heavy (non-hydrogen) atoms. The molecule has 1 heterocycles. The van der Waals surface area contributed by atoms with Gasteiger partial charge in [-0.3, -0.25) is 9.69 Å². The number of nitrogens with one attached hydrogen (secondary N) is 1. The monoisotopic (exact) mass is 168 g/mol. The molecule has 0 fully saturated rings. The number of carbonyl (C=O) groups is 1. The van der Waals surface area contributed by atoms with Gasteiger partial charge in [-0.15, -0.1) is 0 Å². The second-order valence-corrected chi connectivity index (χ2v) is 3.49. The third-order valence-corrected chi connectivity index (χ3v) is 2.48. The fraction of sp³-hybridized carbons (Fsp3) is 0.667. The zero-order valence-electron chi connectivity index (χ0n) is 8.14. The zero-order chi connectivity index (χ0) is 9.30. The number of hydrogen-bond acceptors (Lipinski definition) is 2. The number of carbonyl (C=O) groups excluding carboxylic acids is 1. The van der Waals surface area contributed by atoms with E-state index in [1.165, 1.54) is 5.57 Å². The van der Waals surface area contributed by atoms with Crippen molar-refractivity contribution < 1.29 is 4.79 Å². The molecule has 0 aromatic rings. The molecular weight excluding hydrogens is 152 g/mol. The normalized spacial score (nSPS) is 27.0. The Morgan fingerprint density at radius 3 is 2.67 bits per heavy atom. The Labute approximate surface area is 73.4 Å². The summed E-state index contributed by atoms with van der Waals surface area (Å²) in [6.07, 6.45) is 0. The van der Waals surface area contributed by atoms with Crippen molar-refractivity contribution in [2.75, 3.05) is 13.6 Å². The van der Waals surface area contributed by atoms with E-state index in [0.717, 1.165) is 12.2 Å². The predicted molar refractivity (Wildman–Crippen MR) is 48.6 cm³/mol. The van der Waals surface area contributed by atoms with Crippen molar-refractivity contribution in [3.63, 3.8) is 0 Å². The summed E-state index contributed by atoms with van der Waals surface area (Å²) in [5.41, 5.74) is 2.23. The van der Waals surface area contributed by atoms with Crippen molar-refractivity contribution in [2.45, 2.75) is 26.8 Å². The van der Waals surface area contributed by atoms with Crippen molar-refractivity contribution in [1.29, 1.82) is 0 Å². The van der Waals surface area contributed by atoms with Crippen molar-refractivity contribution in [1.82, 2.24) is 10.2 Å². The average Bonchev–Trinajstić information content (AvgIpc) is 2.07. The first-order chi connectivity index (χ1) is 5.52. The Morgan fingerprint density at radius 1 is 1.50 bits per heavy atom. The third-order valence-electron chi connectivity index (χ3n) is 2.48. The summed E-state index contributed by atoms with van der Waals surface area (Å²) < 4.78 is 0. The van der Waals surface area contributed by atoms with Gasteiger partial charge in [-0.05, 0) is 33.4 Å². The molecule has 3 heteroatoms. The summed E-state index contributed by atoms with van der Waals surface area (Å²) >= 11 is 0. The van der Waals surface area contributed by atoms with Gasteiger partial charge < -0.3 is 5.32 Å². The quantitative estimate of drug-likeness (QED) is 0.578. The molecule has 1 rings (SSSR count). The van der Waals surface area contributed by atoms with Gasteiger partial charge in [0.05, 0.1) is 6.04 Å². The van der Waals surface area contributed by atoms with Crippen molar-refractivity contribution in [3.05, 3.63) is 11.3 Å². The molecular formula is C9H16N2O. The molecule has 0 bridgehead atoms. The van der Waals surface area contributed by atoms with Gasteiger partial charge in [0, 0.05) is 12.2 Å². The number of hydrogen-bond donors (Lipinski definition) is 1. The highest BCUT2D eigenvalue weighted by Crippen LogP contribution is 2.09. The Hall–Kier alpha value is -0.830. The van der Waals surface area contributed by atoms with E-state index in [1.807, 2.05) is 32.7 Å². The van der Waals surface area contributed by atoms with Crippen molar-refractivity contribution in [3.8, 4) is 0 Å². The Kier molecular flexibility index (Phi) is 2.52. The first-order valence-corrected chi connectivity index (χ1v) is 4.20. The van der Waals surface area contributed by atoms with Crippen LogP contribution in [0.2, 0.25) is 0 Å². The molecule has 0 radical (unpaired) electrons. The van der Waals surface area contributed by atoms with Gasteiger partial charge in [0.25, 0.3) is 0 Å². The fourth-order valence-corrected chi connectivity index (χ4v) is 1.23. The molecule has 0 aliphatic carbocycles. The first-order valence-electron chi connectivity index (χ1n) is 4.20. The molecule has 1 aliphatic heterocycles. The largest absolute Gasteiger partial charge is 0.329 e. The molecule has 0 saturated carbocycles. The summed E-state index contributed by atoms with van der Waals surface area (Å²) in [4.78, 5) is 13.4. The third kappa shape index (κ3) is 1.67. The standard InChI is InChI=1S/C9H16N2O/c1-6-5-11(4)8(3)9(12)10-7(6)2/h8H,5H2,1-4H3,(H,10,12)/t8-/m1/s1. The van der Waals surface area contributed by atoms with Gasteiger partial charge in [0.2, 0.25) is 5.91 Å². The van der Waals surface area contributed by atoms with Gasteiger partial charge >= 0.3 is 0 Å². The van der Waals surface area contributed by atoms with Gasteiger partial charge in [0.1, 0.15) is 0 Å². The predicted octanol–water partition coefficient (Wildman–Crippen LogP) is 0.730. The highest BCUT2D eigenvalue weighted by atomic mass is 16.2. The maximum atomic E-state index is 11.4. The van der Waals surface area contributed by atoms with Crippen LogP contribution < -0.4 is 5.32 Å². The second kappa shape index (κ2) is 3.27. The summed E-state index contributed by atoms with van der Waals surface area (Å²) in [6.45, 7) is 6.77. The Balaban J connectivity index is 2.86. The molecule has 0 spiro atoms. The van der Waals surface area contributed by atoms with Crippen LogP contribution >= 0.6 is 0 Å². The van der Waals surface area contributed by atoms with Crippen LogP contribution in [-0.4, -0.2) is 30.4 Å². The van der Waals surface area contributed by atoms with E-state index in [-0.39, 0.29) is 11.9 Å². The van der Waals surface area contributed by atoms with E-state index < -0.39 is 0 Å². The minimum absolute atomic E-state index is 0.0302. The molecule has 1 N–H and O–H groups in total. The number of allylic oxidation sites excluding steroid dienone is 1. The van der Waals surface area contributed by atoms with E-state index in [9.17, 15) is 4.79 Å². The van der Waals surface area contributed by atoms with E-state index in [4.69, 9.17) is 0 Å². The minimum atomic E-state index is -0.0302. The molecule has 3 nitrogen and oxygen atoms in total. The first kappa shape index (κ1) is 9.26. The smallest absolute Gasteiger partial charge is 0.241 e. The summed E-state index contributed by atoms with van der Waals surface area (Å²) in [6, 6.07) is -0.0302. The van der Waals surface area contributed by atoms with Crippen LogP contribution in [-0.2, 0) is 4.79 Å². The number of rotatable bonds is 0. The van der Waals surface area contributed by atoms with Gasteiger partial charge in [0.15, 0.2) is 0 Å². The van der Waals surface area contributed by atoms with Crippen LogP contribution in [0.1, 0.15) is 20.8 Å². The van der Waals surface area contributed by atoms with E-state index in [1.54, 1.807) is 0 Å². The van der Waals surface area contributed by atoms with Gasteiger partial charge in [-0.2, -0.15) is 0 Å². The van der Waals surface area contributed by atoms with Crippen LogP contribution in [0.5, 0.6) is 0 Å². The molecule has 0 aromatic heterocycles. The van der Waals surface area contributed by atoms with Crippen molar-refractivity contribution in [2.24, 2.45) is 0 Å². The molecule has 0 aromatic carbocycles. The summed E-state index contributed by atoms with van der Waals surface area (Å²) in [5, 5.41) is 2.87.